The lowest BCUT2D eigenvalue weighted by Crippen LogP contribution is -2.42. The Morgan fingerprint density at radius 2 is 1.82 bits per heavy atom. The summed E-state index contributed by atoms with van der Waals surface area (Å²) >= 11 is 6.05. The molecular weight excluding hydrogens is 576 g/mol. The summed E-state index contributed by atoms with van der Waals surface area (Å²) in [4.78, 5) is 19.0. The maximum absolute atomic E-state index is 12.1. The zero-order chi connectivity index (χ0) is 30.5. The third kappa shape index (κ3) is 6.65. The number of fused-ring (bicyclic) bond motifs is 2. The average Bonchev–Trinajstić information content (AvgIpc) is 3.20. The first-order valence-corrected chi connectivity index (χ1v) is 15.4. The molecule has 3 aromatic carbocycles. The van der Waals surface area contributed by atoms with Crippen LogP contribution in [0.25, 0.3) is 5.57 Å². The van der Waals surface area contributed by atoms with Gasteiger partial charge < -0.3 is 24.2 Å². The van der Waals surface area contributed by atoms with Crippen molar-refractivity contribution in [3.8, 4) is 23.1 Å². The summed E-state index contributed by atoms with van der Waals surface area (Å²) in [6, 6.07) is 24.2. The van der Waals surface area contributed by atoms with Crippen molar-refractivity contribution >= 4 is 23.1 Å². The summed E-state index contributed by atoms with van der Waals surface area (Å²) in [6.45, 7) is 4.63. The summed E-state index contributed by atoms with van der Waals surface area (Å²) < 4.78 is 17.7. The molecule has 0 saturated carbocycles. The highest BCUT2D eigenvalue weighted by molar-refractivity contribution is 6.30. The number of rotatable bonds is 8. The number of ether oxygens (including phenoxy) is 3. The second kappa shape index (κ2) is 13.2. The van der Waals surface area contributed by atoms with Gasteiger partial charge >= 0.3 is 5.97 Å². The van der Waals surface area contributed by atoms with Gasteiger partial charge in [-0.2, -0.15) is 0 Å². The van der Waals surface area contributed by atoms with E-state index in [1.807, 2.05) is 54.6 Å². The Kier molecular flexibility index (Phi) is 8.98. The highest BCUT2D eigenvalue weighted by Crippen LogP contribution is 2.43. The van der Waals surface area contributed by atoms with Crippen molar-refractivity contribution in [1.82, 2.24) is 9.88 Å². The highest BCUT2D eigenvalue weighted by Gasteiger charge is 2.33. The number of nitrogens with zero attached hydrogens (tertiary/aromatic N) is 2. The fourth-order valence-electron chi connectivity index (χ4n) is 5.82. The molecule has 7 nitrogen and oxygen atoms in total. The number of allylic oxidation sites excluding steroid dienone is 1. The van der Waals surface area contributed by atoms with E-state index in [-0.39, 0.29) is 5.97 Å². The first-order valence-electron chi connectivity index (χ1n) is 15.0. The molecule has 0 amide bonds. The van der Waals surface area contributed by atoms with Crippen LogP contribution in [0, 0.1) is 0 Å². The van der Waals surface area contributed by atoms with Crippen LogP contribution in [0.1, 0.15) is 53.2 Å². The summed E-state index contributed by atoms with van der Waals surface area (Å²) in [6.07, 6.45) is 6.83. The quantitative estimate of drug-likeness (QED) is 0.204. The number of aliphatic hydroxyl groups is 1. The molecule has 0 spiro atoms. The topological polar surface area (TPSA) is 81.1 Å². The average molecular weight is 611 g/mol. The van der Waals surface area contributed by atoms with Gasteiger partial charge in [0.2, 0.25) is 5.88 Å². The molecule has 3 heterocycles. The number of hydrogen-bond donors (Lipinski definition) is 1. The van der Waals surface area contributed by atoms with Gasteiger partial charge in [0.05, 0.1) is 17.8 Å². The van der Waals surface area contributed by atoms with Crippen molar-refractivity contribution < 1.29 is 24.1 Å². The number of esters is 1. The first kappa shape index (κ1) is 29.9. The number of carbonyl (C=O) groups excluding carboxylic acids is 1. The molecule has 8 heteroatoms. The number of halogens is 1. The van der Waals surface area contributed by atoms with E-state index < -0.39 is 5.60 Å². The third-order valence-electron chi connectivity index (χ3n) is 8.28. The normalized spacial score (nSPS) is 16.8. The molecule has 1 fully saturated rings. The lowest BCUT2D eigenvalue weighted by molar-refractivity contribution is -0.0254. The van der Waals surface area contributed by atoms with Crippen molar-refractivity contribution in [2.75, 3.05) is 26.2 Å². The summed E-state index contributed by atoms with van der Waals surface area (Å²) in [5.41, 5.74) is 3.60. The van der Waals surface area contributed by atoms with E-state index >= 15 is 0 Å². The molecular formula is C36H35ClN2O5. The monoisotopic (exact) mass is 610 g/mol. The second-order valence-electron chi connectivity index (χ2n) is 11.1. The van der Waals surface area contributed by atoms with Gasteiger partial charge in [-0.25, -0.2) is 9.78 Å². The number of pyridine rings is 1. The smallest absolute Gasteiger partial charge is 0.338 e. The molecule has 0 unspecified atom stereocenters. The van der Waals surface area contributed by atoms with Crippen LogP contribution in [0.2, 0.25) is 5.02 Å². The Balaban J connectivity index is 1.17. The molecule has 1 aromatic heterocycles. The standard InChI is InChI=1S/C36H35ClN2O5/c1-2-42-35(40)25-10-16-29(17-11-25)43-32-8-3-9-33-31(32)24-26(30-7-4-20-38-34(30)44-33)6-5-21-39-22-18-36(41,19-23-39)27-12-14-28(37)15-13-27/h3-4,6-17,20,41H,2,5,18-19,21-24H2,1H3/b26-6-. The predicted molar refractivity (Wildman–Crippen MR) is 171 cm³/mol. The van der Waals surface area contributed by atoms with Gasteiger partial charge in [-0.1, -0.05) is 35.9 Å². The predicted octanol–water partition coefficient (Wildman–Crippen LogP) is 7.81. The maximum Gasteiger partial charge on any atom is 0.338 e. The summed E-state index contributed by atoms with van der Waals surface area (Å²) in [7, 11) is 0. The Morgan fingerprint density at radius 3 is 2.57 bits per heavy atom. The van der Waals surface area contributed by atoms with E-state index in [9.17, 15) is 9.90 Å². The first-order chi connectivity index (χ1) is 21.4. The zero-order valence-corrected chi connectivity index (χ0v) is 25.4. The molecule has 44 heavy (non-hydrogen) atoms. The van der Waals surface area contributed by atoms with Crippen LogP contribution in [0.15, 0.2) is 91.1 Å². The fraction of sp³-hybridized carbons (Fsp3) is 0.278. The van der Waals surface area contributed by atoms with Gasteiger partial charge in [0.1, 0.15) is 17.2 Å². The minimum absolute atomic E-state index is 0.325. The minimum atomic E-state index is -0.817. The molecule has 0 atom stereocenters. The van der Waals surface area contributed by atoms with Crippen molar-refractivity contribution in [2.24, 2.45) is 0 Å². The number of carbonyl (C=O) groups is 1. The van der Waals surface area contributed by atoms with E-state index in [0.717, 1.165) is 48.3 Å². The van der Waals surface area contributed by atoms with Crippen molar-refractivity contribution in [3.63, 3.8) is 0 Å². The van der Waals surface area contributed by atoms with E-state index in [4.69, 9.17) is 25.8 Å². The van der Waals surface area contributed by atoms with Gasteiger partial charge in [-0.15, -0.1) is 0 Å². The number of hydrogen-bond acceptors (Lipinski definition) is 7. The second-order valence-corrected chi connectivity index (χ2v) is 11.5. The molecule has 4 aromatic rings. The van der Waals surface area contributed by atoms with E-state index in [0.29, 0.717) is 59.6 Å². The number of benzene rings is 3. The Morgan fingerprint density at radius 1 is 1.05 bits per heavy atom. The van der Waals surface area contributed by atoms with Crippen LogP contribution < -0.4 is 9.47 Å². The van der Waals surface area contributed by atoms with Gasteiger partial charge in [0.15, 0.2) is 0 Å². The van der Waals surface area contributed by atoms with E-state index in [2.05, 4.69) is 16.0 Å². The molecule has 2 aliphatic heterocycles. The van der Waals surface area contributed by atoms with Crippen molar-refractivity contribution in [3.05, 3.63) is 118 Å². The summed E-state index contributed by atoms with van der Waals surface area (Å²) in [5, 5.41) is 11.9. The Hall–Kier alpha value is -4.17. The molecule has 6 rings (SSSR count). The van der Waals surface area contributed by atoms with Crippen LogP contribution in [-0.2, 0) is 16.8 Å². The number of likely N-dealkylation sites (tertiary alicyclic amines) is 1. The van der Waals surface area contributed by atoms with Gasteiger partial charge in [0.25, 0.3) is 0 Å². The highest BCUT2D eigenvalue weighted by atomic mass is 35.5. The van der Waals surface area contributed by atoms with Crippen LogP contribution in [-0.4, -0.2) is 47.2 Å². The number of piperidine rings is 1. The Bertz CT molecular complexity index is 1640. The molecule has 2 aliphatic rings. The lowest BCUT2D eigenvalue weighted by atomic mass is 9.84. The molecule has 226 valence electrons. The minimum Gasteiger partial charge on any atom is -0.462 e. The van der Waals surface area contributed by atoms with Crippen LogP contribution in [0.5, 0.6) is 23.1 Å². The van der Waals surface area contributed by atoms with Gasteiger partial charge in [-0.05, 0) is 98.0 Å². The largest absolute Gasteiger partial charge is 0.462 e. The summed E-state index contributed by atoms with van der Waals surface area (Å²) in [5.74, 6) is 2.21. The van der Waals surface area contributed by atoms with Crippen molar-refractivity contribution in [2.45, 2.75) is 38.2 Å². The van der Waals surface area contributed by atoms with Gasteiger partial charge in [0, 0.05) is 48.4 Å². The molecule has 1 N–H and O–H groups in total. The van der Waals surface area contributed by atoms with Crippen LogP contribution in [0.3, 0.4) is 0 Å². The fourth-order valence-corrected chi connectivity index (χ4v) is 5.94. The molecule has 0 aliphatic carbocycles. The zero-order valence-electron chi connectivity index (χ0n) is 24.7. The number of aromatic nitrogens is 1. The molecule has 1 saturated heterocycles. The van der Waals surface area contributed by atoms with E-state index in [1.54, 1.807) is 37.4 Å². The van der Waals surface area contributed by atoms with Crippen LogP contribution in [0.4, 0.5) is 0 Å². The van der Waals surface area contributed by atoms with E-state index in [1.165, 1.54) is 0 Å². The van der Waals surface area contributed by atoms with Gasteiger partial charge in [-0.3, -0.25) is 0 Å². The maximum atomic E-state index is 12.1. The van der Waals surface area contributed by atoms with Crippen LogP contribution >= 0.6 is 11.6 Å². The van der Waals surface area contributed by atoms with Crippen molar-refractivity contribution in [1.29, 1.82) is 0 Å². The Labute approximate surface area is 262 Å². The third-order valence-corrected chi connectivity index (χ3v) is 8.53. The lowest BCUT2D eigenvalue weighted by Gasteiger charge is -2.38. The molecule has 0 radical (unpaired) electrons. The SMILES string of the molecule is CCOC(=O)c1ccc(Oc2cccc3c2C/C(=C/CCN2CCC(O)(c4ccc(Cl)cc4)CC2)c2cccnc2O3)cc1. The molecule has 0 bridgehead atoms.